The van der Waals surface area contributed by atoms with Crippen molar-refractivity contribution in [3.05, 3.63) is 0 Å². The zero-order valence-electron chi connectivity index (χ0n) is 7.80. The van der Waals surface area contributed by atoms with Crippen molar-refractivity contribution in [2.45, 2.75) is 52.2 Å². The van der Waals surface area contributed by atoms with Crippen LogP contribution in [-0.2, 0) is 0 Å². The van der Waals surface area contributed by atoms with Crippen LogP contribution in [0.5, 0.6) is 0 Å². The van der Waals surface area contributed by atoms with Crippen molar-refractivity contribution in [3.63, 3.8) is 0 Å². The van der Waals surface area contributed by atoms with Crippen molar-refractivity contribution < 1.29 is 10.2 Å². The highest BCUT2D eigenvalue weighted by molar-refractivity contribution is 4.65. The minimum absolute atomic E-state index is 0.406. The summed E-state index contributed by atoms with van der Waals surface area (Å²) in [6, 6.07) is 0. The molecule has 0 spiro atoms. The van der Waals surface area contributed by atoms with Gasteiger partial charge in [-0.15, -0.1) is 0 Å². The van der Waals surface area contributed by atoms with Crippen LogP contribution < -0.4 is 0 Å². The molecule has 0 aliphatic heterocycles. The van der Waals surface area contributed by atoms with Gasteiger partial charge in [-0.05, 0) is 18.8 Å². The molecule has 2 N–H and O–H groups in total. The summed E-state index contributed by atoms with van der Waals surface area (Å²) >= 11 is 0. The Morgan fingerprint density at radius 1 is 1.18 bits per heavy atom. The molecule has 2 heteroatoms. The molecule has 0 saturated heterocycles. The third-order valence-electron chi connectivity index (χ3n) is 2.00. The van der Waals surface area contributed by atoms with Gasteiger partial charge in [-0.1, -0.05) is 33.6 Å². The molecule has 0 atom stereocenters. The Hall–Kier alpha value is -0.0800. The first-order valence-electron chi connectivity index (χ1n) is 4.46. The Balaban J connectivity index is 0.000000207. The number of hydrogen-bond acceptors (Lipinski definition) is 2. The van der Waals surface area contributed by atoms with E-state index in [4.69, 9.17) is 10.2 Å². The van der Waals surface area contributed by atoms with Crippen molar-refractivity contribution in [2.75, 3.05) is 0 Å². The van der Waals surface area contributed by atoms with Crippen molar-refractivity contribution in [3.8, 4) is 0 Å². The number of hydrogen-bond donors (Lipinski definition) is 2. The van der Waals surface area contributed by atoms with Gasteiger partial charge in [-0.25, -0.2) is 0 Å². The molecule has 2 nitrogen and oxygen atoms in total. The van der Waals surface area contributed by atoms with E-state index >= 15 is 0 Å². The van der Waals surface area contributed by atoms with Gasteiger partial charge in [0, 0.05) is 0 Å². The van der Waals surface area contributed by atoms with Crippen LogP contribution in [0, 0.1) is 5.92 Å². The standard InChI is InChI=1S/C5H12O2.C4H8/c1-3-5(6,7)4-2;1-4-2-3-4/h6-7H,3-4H2,1-2H3;4H,2-3H2,1H3. The van der Waals surface area contributed by atoms with Crippen molar-refractivity contribution in [1.29, 1.82) is 0 Å². The fourth-order valence-corrected chi connectivity index (χ4v) is 0.417. The molecule has 68 valence electrons. The third kappa shape index (κ3) is 7.82. The van der Waals surface area contributed by atoms with Crippen LogP contribution in [-0.4, -0.2) is 16.0 Å². The van der Waals surface area contributed by atoms with Gasteiger partial charge >= 0.3 is 0 Å². The van der Waals surface area contributed by atoms with Crippen LogP contribution in [0.15, 0.2) is 0 Å². The van der Waals surface area contributed by atoms with Crippen LogP contribution in [0.1, 0.15) is 46.5 Å². The quantitative estimate of drug-likeness (QED) is 0.606. The lowest BCUT2D eigenvalue weighted by Gasteiger charge is -2.15. The summed E-state index contributed by atoms with van der Waals surface area (Å²) in [5, 5.41) is 17.4. The molecule has 0 heterocycles. The van der Waals surface area contributed by atoms with Gasteiger partial charge < -0.3 is 10.2 Å². The molecule has 0 amide bonds. The summed E-state index contributed by atoms with van der Waals surface area (Å²) < 4.78 is 0. The number of rotatable bonds is 2. The first-order chi connectivity index (χ1) is 5.02. The monoisotopic (exact) mass is 160 g/mol. The second-order valence-electron chi connectivity index (χ2n) is 3.37. The van der Waals surface area contributed by atoms with E-state index in [1.807, 2.05) is 0 Å². The Morgan fingerprint density at radius 3 is 1.45 bits per heavy atom. The van der Waals surface area contributed by atoms with Gasteiger partial charge in [0.15, 0.2) is 5.79 Å². The SMILES string of the molecule is CC1CC1.CCC(O)(O)CC. The molecule has 1 rings (SSSR count). The minimum atomic E-state index is -1.42. The van der Waals surface area contributed by atoms with Crippen LogP contribution in [0.4, 0.5) is 0 Å². The van der Waals surface area contributed by atoms with Crippen LogP contribution in [0.25, 0.3) is 0 Å². The third-order valence-corrected chi connectivity index (χ3v) is 2.00. The molecule has 0 radical (unpaired) electrons. The van der Waals surface area contributed by atoms with E-state index < -0.39 is 5.79 Å². The molecular weight excluding hydrogens is 140 g/mol. The summed E-state index contributed by atoms with van der Waals surface area (Å²) in [5.74, 6) is -0.333. The van der Waals surface area contributed by atoms with Gasteiger partial charge in [-0.3, -0.25) is 0 Å². The maximum atomic E-state index is 8.69. The zero-order chi connectivity index (χ0) is 8.91. The van der Waals surface area contributed by atoms with Crippen molar-refractivity contribution >= 4 is 0 Å². The maximum absolute atomic E-state index is 8.69. The molecule has 0 unspecified atom stereocenters. The molecule has 11 heavy (non-hydrogen) atoms. The van der Waals surface area contributed by atoms with Gasteiger partial charge in [-0.2, -0.15) is 0 Å². The lowest BCUT2D eigenvalue weighted by molar-refractivity contribution is -0.163. The first-order valence-corrected chi connectivity index (χ1v) is 4.46. The van der Waals surface area contributed by atoms with Crippen molar-refractivity contribution in [2.24, 2.45) is 5.92 Å². The van der Waals surface area contributed by atoms with Crippen LogP contribution in [0.3, 0.4) is 0 Å². The molecule has 0 bridgehead atoms. The maximum Gasteiger partial charge on any atom is 0.161 e. The topological polar surface area (TPSA) is 40.5 Å². The lowest BCUT2D eigenvalue weighted by Crippen LogP contribution is -2.24. The Bertz CT molecular complexity index is 89.7. The van der Waals surface area contributed by atoms with E-state index in [9.17, 15) is 0 Å². The van der Waals surface area contributed by atoms with E-state index in [2.05, 4.69) is 6.92 Å². The van der Waals surface area contributed by atoms with Gasteiger partial charge in [0.1, 0.15) is 0 Å². The lowest BCUT2D eigenvalue weighted by atomic mass is 10.2. The van der Waals surface area contributed by atoms with Crippen LogP contribution in [0.2, 0.25) is 0 Å². The largest absolute Gasteiger partial charge is 0.366 e. The molecule has 1 aliphatic rings. The predicted molar refractivity (Wildman–Crippen MR) is 46.1 cm³/mol. The van der Waals surface area contributed by atoms with E-state index in [1.54, 1.807) is 13.8 Å². The van der Waals surface area contributed by atoms with Gasteiger partial charge in [0.2, 0.25) is 0 Å². The normalized spacial score (nSPS) is 17.2. The summed E-state index contributed by atoms with van der Waals surface area (Å²) in [6.07, 6.45) is 3.78. The van der Waals surface area contributed by atoms with E-state index in [0.717, 1.165) is 5.92 Å². The molecule has 1 saturated carbocycles. The second kappa shape index (κ2) is 4.73. The minimum Gasteiger partial charge on any atom is -0.366 e. The highest BCUT2D eigenvalue weighted by atomic mass is 16.5. The molecule has 1 aliphatic carbocycles. The van der Waals surface area contributed by atoms with Gasteiger partial charge in [0.05, 0.1) is 0 Å². The van der Waals surface area contributed by atoms with Gasteiger partial charge in [0.25, 0.3) is 0 Å². The number of aliphatic hydroxyl groups is 2. The fourth-order valence-electron chi connectivity index (χ4n) is 0.417. The predicted octanol–water partition coefficient (Wildman–Crippen LogP) is 1.90. The summed E-state index contributed by atoms with van der Waals surface area (Å²) in [6.45, 7) is 5.76. The van der Waals surface area contributed by atoms with Crippen LogP contribution >= 0.6 is 0 Å². The highest BCUT2D eigenvalue weighted by Gasteiger charge is 2.15. The second-order valence-corrected chi connectivity index (χ2v) is 3.37. The zero-order valence-corrected chi connectivity index (χ0v) is 7.80. The smallest absolute Gasteiger partial charge is 0.161 e. The first kappa shape index (κ1) is 10.9. The summed E-state index contributed by atoms with van der Waals surface area (Å²) in [7, 11) is 0. The molecule has 0 aromatic heterocycles. The average Bonchev–Trinajstić information content (AvgIpc) is 2.73. The Morgan fingerprint density at radius 2 is 1.45 bits per heavy atom. The molecule has 0 aromatic rings. The van der Waals surface area contributed by atoms with E-state index in [-0.39, 0.29) is 0 Å². The summed E-state index contributed by atoms with van der Waals surface area (Å²) in [5.41, 5.74) is 0. The van der Waals surface area contributed by atoms with Crippen molar-refractivity contribution in [1.82, 2.24) is 0 Å². The molecule has 1 fully saturated rings. The Kier molecular flexibility index (Phi) is 4.69. The molecular formula is C9H20O2. The van der Waals surface area contributed by atoms with E-state index in [1.165, 1.54) is 12.8 Å². The fraction of sp³-hybridized carbons (Fsp3) is 1.00. The van der Waals surface area contributed by atoms with E-state index in [0.29, 0.717) is 12.8 Å². The summed E-state index contributed by atoms with van der Waals surface area (Å²) in [4.78, 5) is 0. The Labute approximate surface area is 69.2 Å². The average molecular weight is 160 g/mol. The molecule has 0 aromatic carbocycles. The highest BCUT2D eigenvalue weighted by Crippen LogP contribution is 2.26.